The molecule has 20 heteroatoms. The number of hydrogen-bond donors (Lipinski definition) is 0. The topological polar surface area (TPSA) is 0 Å². The molecule has 31 heavy (non-hydrogen) atoms. The Bertz CT molecular complexity index is 434. The summed E-state index contributed by atoms with van der Waals surface area (Å²) in [5.74, 6) is 0. The average molecular weight is 823 g/mol. The lowest BCUT2D eigenvalue weighted by molar-refractivity contribution is 1.30. The SMILES string of the molecule is C.C=C[Si](C)(Cl)Cl.C[Si](Cl)(Cl)CC[Si](Cl)(Cl)CC[Si](Cl)(Cl)Cl.Cl[SiH](Cl)CC[Si](Cl)(Cl)Cl. The average Bonchev–Trinajstić information content (AvgIpc) is 2.48. The molecule has 0 aromatic heterocycles. The van der Waals surface area contributed by atoms with Gasteiger partial charge < -0.3 is 0 Å². The van der Waals surface area contributed by atoms with Crippen molar-refractivity contribution in [1.29, 1.82) is 0 Å². The molecule has 0 saturated carbocycles. The van der Waals surface area contributed by atoms with Crippen molar-refractivity contribution in [2.45, 2.75) is 56.8 Å². The molecule has 0 radical (unpaired) electrons. The molecule has 0 N–H and O–H groups in total. The van der Waals surface area contributed by atoms with Gasteiger partial charge in [-0.15, -0.1) is 140 Å². The van der Waals surface area contributed by atoms with E-state index in [0.717, 1.165) is 0 Å². The third kappa shape index (κ3) is 48.7. The summed E-state index contributed by atoms with van der Waals surface area (Å²) in [7, 11) is -1.54. The van der Waals surface area contributed by atoms with Gasteiger partial charge in [0.15, 0.2) is 0 Å². The number of rotatable bonds is 10. The molecule has 0 fully saturated rings. The quantitative estimate of drug-likeness (QED) is 0.152. The van der Waals surface area contributed by atoms with Crippen LogP contribution in [0, 0.1) is 0 Å². The summed E-state index contributed by atoms with van der Waals surface area (Å²) < 4.78 is 0. The van der Waals surface area contributed by atoms with Gasteiger partial charge in [0.1, 0.15) is 0 Å². The van der Waals surface area contributed by atoms with E-state index >= 15 is 0 Å². The van der Waals surface area contributed by atoms with Crippen molar-refractivity contribution in [2.75, 3.05) is 0 Å². The van der Waals surface area contributed by atoms with Crippen LogP contribution in [0.4, 0.5) is 0 Å². The lowest BCUT2D eigenvalue weighted by Gasteiger charge is -2.20. The smallest absolute Gasteiger partial charge is 0.150 e. The first-order valence-corrected chi connectivity index (χ1v) is 36.6. The van der Waals surface area contributed by atoms with Crippen LogP contribution in [-0.4, -0.2) is 39.5 Å². The van der Waals surface area contributed by atoms with E-state index in [-0.39, 0.29) is 7.43 Å². The Labute approximate surface area is 260 Å². The normalized spacial score (nSPS) is 12.8. The summed E-state index contributed by atoms with van der Waals surface area (Å²) >= 11 is 80.4. The predicted octanol–water partition coefficient (Wildman–Crippen LogP) is 12.3. The molecule has 0 rings (SSSR count). The molecule has 0 aliphatic heterocycles. The van der Waals surface area contributed by atoms with Crippen LogP contribution in [0.15, 0.2) is 12.3 Å². The maximum atomic E-state index is 6.20. The van der Waals surface area contributed by atoms with Crippen LogP contribution in [0.2, 0.25) is 49.4 Å². The second-order valence-corrected chi connectivity index (χ2v) is 53.5. The first-order chi connectivity index (χ1) is 12.9. The van der Waals surface area contributed by atoms with Crippen molar-refractivity contribution in [3.05, 3.63) is 12.3 Å². The van der Waals surface area contributed by atoms with Crippen LogP contribution in [0.3, 0.4) is 0 Å². The minimum Gasteiger partial charge on any atom is -0.150 e. The van der Waals surface area contributed by atoms with Gasteiger partial charge in [-0.25, -0.2) is 0 Å². The number of halogens is 14. The van der Waals surface area contributed by atoms with Crippen LogP contribution in [0.25, 0.3) is 0 Å². The Morgan fingerprint density at radius 3 is 1.16 bits per heavy atom. The Morgan fingerprint density at radius 1 is 0.645 bits per heavy atom. The van der Waals surface area contributed by atoms with Crippen molar-refractivity contribution < 1.29 is 0 Å². The van der Waals surface area contributed by atoms with Gasteiger partial charge in [-0.3, -0.25) is 0 Å². The second-order valence-electron chi connectivity index (χ2n) is 6.25. The zero-order valence-electron chi connectivity index (χ0n) is 15.9. The molecule has 0 nitrogen and oxygen atoms in total. The molecule has 192 valence electrons. The van der Waals surface area contributed by atoms with E-state index in [1.54, 1.807) is 12.2 Å². The molecule has 0 aliphatic rings. The van der Waals surface area contributed by atoms with Crippen LogP contribution < -0.4 is 0 Å². The van der Waals surface area contributed by atoms with Crippen LogP contribution >= 0.6 is 155 Å². The monoisotopic (exact) mass is 816 g/mol. The summed E-state index contributed by atoms with van der Waals surface area (Å²) in [6.45, 7) is 0.697. The van der Waals surface area contributed by atoms with Crippen molar-refractivity contribution in [3.8, 4) is 0 Å². The van der Waals surface area contributed by atoms with Crippen molar-refractivity contribution in [1.82, 2.24) is 0 Å². The fourth-order valence-electron chi connectivity index (χ4n) is 1.12. The van der Waals surface area contributed by atoms with Gasteiger partial charge in [0.25, 0.3) is 13.4 Å². The third-order valence-corrected chi connectivity index (χ3v) is 19.5. The fourth-order valence-corrected chi connectivity index (χ4v) is 21.9. The Morgan fingerprint density at radius 2 is 0.968 bits per heavy atom. The highest BCUT2D eigenvalue weighted by molar-refractivity contribution is 7.65. The maximum absolute atomic E-state index is 6.20. The van der Waals surface area contributed by atoms with E-state index in [2.05, 4.69) is 6.58 Å². The highest BCUT2D eigenvalue weighted by Crippen LogP contribution is 2.38. The van der Waals surface area contributed by atoms with Crippen molar-refractivity contribution in [3.63, 3.8) is 0 Å². The van der Waals surface area contributed by atoms with Gasteiger partial charge in [-0.1, -0.05) is 13.1 Å². The van der Waals surface area contributed by atoms with Gasteiger partial charge in [-0.2, -0.15) is 22.2 Å². The molecular formula is C11H26Cl14Si6. The molecule has 0 heterocycles. The van der Waals surface area contributed by atoms with Gasteiger partial charge >= 0.3 is 12.0 Å². The van der Waals surface area contributed by atoms with Crippen LogP contribution in [0.1, 0.15) is 7.43 Å². The molecule has 0 unspecified atom stereocenters. The van der Waals surface area contributed by atoms with Gasteiger partial charge in [0.2, 0.25) is 14.1 Å². The molecule has 0 aliphatic carbocycles. The summed E-state index contributed by atoms with van der Waals surface area (Å²) in [5, 5.41) is 0. The highest BCUT2D eigenvalue weighted by atomic mass is 35.8. The minimum atomic E-state index is -2.61. The molecular weight excluding hydrogens is 797 g/mol. The molecule has 0 atom stereocenters. The molecule has 0 aromatic carbocycles. The summed E-state index contributed by atoms with van der Waals surface area (Å²) in [6.07, 6.45) is 0. The first kappa shape index (κ1) is 43.2. The van der Waals surface area contributed by atoms with E-state index in [1.165, 1.54) is 0 Å². The van der Waals surface area contributed by atoms with Gasteiger partial charge in [0, 0.05) is 0 Å². The Hall–Kier alpha value is 5.10. The third-order valence-electron chi connectivity index (χ3n) is 2.71. The molecule has 0 spiro atoms. The lowest BCUT2D eigenvalue weighted by Crippen LogP contribution is -2.25. The second kappa shape index (κ2) is 20.1. The van der Waals surface area contributed by atoms with Gasteiger partial charge in [0.05, 0.1) is 0 Å². The van der Waals surface area contributed by atoms with Crippen LogP contribution in [-0.2, 0) is 0 Å². The van der Waals surface area contributed by atoms with Crippen molar-refractivity contribution in [2.24, 2.45) is 0 Å². The largest absolute Gasteiger partial charge is 0.341 e. The molecule has 0 amide bonds. The van der Waals surface area contributed by atoms with E-state index < -0.39 is 39.5 Å². The zero-order valence-corrected chi connectivity index (χ0v) is 32.6. The van der Waals surface area contributed by atoms with E-state index in [4.69, 9.17) is 155 Å². The highest BCUT2D eigenvalue weighted by Gasteiger charge is 2.36. The Kier molecular flexibility index (Phi) is 27.9. The lowest BCUT2D eigenvalue weighted by atomic mass is 10.9. The first-order valence-electron chi connectivity index (χ1n) is 8.08. The standard InChI is InChI=1S/C5H11Cl7Si3.C3H6Cl2Si.C2H5Cl5Si2.CH4/c1-13(6,7)2-3-14(8,9)4-5-15(10,11)12;1-3-6(2,4)5;3-8(4)1-2-9(5,6)7;/h2-5H2,1H3;3H,1H2,2H3;8H,1-2H2;1H4. The summed E-state index contributed by atoms with van der Waals surface area (Å²) in [5.41, 5.74) is 1.61. The van der Waals surface area contributed by atoms with E-state index in [0.29, 0.717) is 36.3 Å². The van der Waals surface area contributed by atoms with E-state index in [1.807, 2.05) is 6.55 Å². The zero-order chi connectivity index (χ0) is 25.0. The summed E-state index contributed by atoms with van der Waals surface area (Å²) in [4.78, 5) is 0. The molecule has 0 aromatic rings. The molecule has 0 bridgehead atoms. The fraction of sp³-hybridized carbons (Fsp3) is 0.818. The molecule has 0 saturated heterocycles. The van der Waals surface area contributed by atoms with Crippen molar-refractivity contribution >= 4 is 195 Å². The van der Waals surface area contributed by atoms with E-state index in [9.17, 15) is 0 Å². The number of hydrogen-bond acceptors (Lipinski definition) is 0. The van der Waals surface area contributed by atoms with Gasteiger partial charge in [-0.05, 0) is 49.4 Å². The minimum absolute atomic E-state index is 0. The summed E-state index contributed by atoms with van der Waals surface area (Å²) in [6, 6.07) is -1.31. The van der Waals surface area contributed by atoms with Crippen LogP contribution in [0.5, 0.6) is 0 Å². The predicted molar refractivity (Wildman–Crippen MR) is 175 cm³/mol. The maximum Gasteiger partial charge on any atom is 0.341 e. The Balaban J connectivity index is -0.000000194.